The van der Waals surface area contributed by atoms with Gasteiger partial charge in [0.25, 0.3) is 5.91 Å². The number of benzene rings is 2. The van der Waals surface area contributed by atoms with Gasteiger partial charge in [-0.3, -0.25) is 9.69 Å². The molecule has 3 aliphatic rings. The van der Waals surface area contributed by atoms with E-state index >= 15 is 0 Å². The number of nitrogens with zero attached hydrogens (tertiary/aromatic N) is 3. The van der Waals surface area contributed by atoms with E-state index in [-0.39, 0.29) is 11.9 Å². The summed E-state index contributed by atoms with van der Waals surface area (Å²) >= 11 is 0. The second-order valence-electron chi connectivity index (χ2n) is 9.62. The Hall–Kier alpha value is -2.54. The van der Waals surface area contributed by atoms with Crippen LogP contribution in [0.3, 0.4) is 0 Å². The van der Waals surface area contributed by atoms with Crippen LogP contribution in [0.2, 0.25) is 0 Å². The van der Waals surface area contributed by atoms with E-state index in [2.05, 4.69) is 68.1 Å². The van der Waals surface area contributed by atoms with Gasteiger partial charge in [0.15, 0.2) is 5.79 Å². The molecule has 1 unspecified atom stereocenters. The number of amides is 1. The second kappa shape index (κ2) is 9.01. The van der Waals surface area contributed by atoms with E-state index in [0.29, 0.717) is 19.8 Å². The summed E-state index contributed by atoms with van der Waals surface area (Å²) < 4.78 is 11.7. The molecule has 0 saturated carbocycles. The van der Waals surface area contributed by atoms with Gasteiger partial charge in [-0.2, -0.15) is 5.10 Å². The van der Waals surface area contributed by atoms with E-state index in [9.17, 15) is 4.79 Å². The topological polar surface area (TPSA) is 54.4 Å². The van der Waals surface area contributed by atoms with Crippen molar-refractivity contribution in [2.75, 3.05) is 32.8 Å². The van der Waals surface area contributed by atoms with Gasteiger partial charge in [-0.1, -0.05) is 53.6 Å². The maximum Gasteiger partial charge on any atom is 0.257 e. The zero-order chi connectivity index (χ0) is 23.0. The molecule has 1 spiro atoms. The third-order valence-electron chi connectivity index (χ3n) is 7.10. The molecule has 1 atom stereocenters. The minimum Gasteiger partial charge on any atom is -0.347 e. The van der Waals surface area contributed by atoms with E-state index in [1.807, 2.05) is 0 Å². The molecule has 3 aliphatic heterocycles. The molecule has 2 aromatic carbocycles. The van der Waals surface area contributed by atoms with Crippen LogP contribution in [0.5, 0.6) is 0 Å². The largest absolute Gasteiger partial charge is 0.347 e. The van der Waals surface area contributed by atoms with E-state index in [4.69, 9.17) is 14.6 Å². The van der Waals surface area contributed by atoms with Crippen molar-refractivity contribution in [3.8, 4) is 0 Å². The third-order valence-corrected chi connectivity index (χ3v) is 7.10. The van der Waals surface area contributed by atoms with Crippen LogP contribution in [0.25, 0.3) is 0 Å². The number of rotatable bonds is 4. The number of likely N-dealkylation sites (tertiary alicyclic amines) is 1. The predicted octanol–water partition coefficient (Wildman–Crippen LogP) is 4.13. The van der Waals surface area contributed by atoms with Crippen LogP contribution < -0.4 is 0 Å². The van der Waals surface area contributed by atoms with Gasteiger partial charge in [0.1, 0.15) is 0 Å². The fourth-order valence-corrected chi connectivity index (χ4v) is 5.20. The molecule has 0 bridgehead atoms. The number of aryl methyl sites for hydroxylation is 3. The standard InChI is InChI=1S/C27H33N3O3/c1-19-5-4-6-22(15-19)24-17-25(23-16-20(2)7-8-21(23)3)30(28-24)26(31)18-29-11-9-27(10-12-29)32-13-14-33-27/h4-8,15-16,25H,9-14,17-18H2,1-3H3. The summed E-state index contributed by atoms with van der Waals surface area (Å²) in [6.07, 6.45) is 2.33. The van der Waals surface area contributed by atoms with Gasteiger partial charge >= 0.3 is 0 Å². The summed E-state index contributed by atoms with van der Waals surface area (Å²) in [7, 11) is 0. The van der Waals surface area contributed by atoms with Gasteiger partial charge in [-0.15, -0.1) is 0 Å². The first-order chi connectivity index (χ1) is 15.9. The van der Waals surface area contributed by atoms with Gasteiger partial charge in [-0.05, 0) is 37.5 Å². The predicted molar refractivity (Wildman–Crippen MR) is 128 cm³/mol. The molecule has 3 heterocycles. The van der Waals surface area contributed by atoms with Gasteiger partial charge in [0.05, 0.1) is 31.5 Å². The Morgan fingerprint density at radius 3 is 2.48 bits per heavy atom. The van der Waals surface area contributed by atoms with Crippen LogP contribution in [0.15, 0.2) is 47.6 Å². The number of hydrazone groups is 1. The van der Waals surface area contributed by atoms with Crippen molar-refractivity contribution in [1.29, 1.82) is 0 Å². The summed E-state index contributed by atoms with van der Waals surface area (Å²) in [5, 5.41) is 6.63. The maximum atomic E-state index is 13.6. The highest BCUT2D eigenvalue weighted by Crippen LogP contribution is 2.36. The number of carbonyl (C=O) groups is 1. The van der Waals surface area contributed by atoms with Gasteiger partial charge < -0.3 is 9.47 Å². The highest BCUT2D eigenvalue weighted by Gasteiger charge is 2.41. The molecule has 5 rings (SSSR count). The van der Waals surface area contributed by atoms with E-state index in [1.165, 1.54) is 22.3 Å². The normalized spacial score (nSPS) is 22.7. The average Bonchev–Trinajstić information content (AvgIpc) is 3.45. The summed E-state index contributed by atoms with van der Waals surface area (Å²) in [5.74, 6) is -0.377. The Bertz CT molecular complexity index is 1060. The molecule has 0 N–H and O–H groups in total. The number of carbonyl (C=O) groups excluding carboxylic acids is 1. The van der Waals surface area contributed by atoms with Crippen LogP contribution in [-0.2, 0) is 14.3 Å². The Kier molecular flexibility index (Phi) is 6.08. The Morgan fingerprint density at radius 1 is 1.03 bits per heavy atom. The molecule has 1 amide bonds. The highest BCUT2D eigenvalue weighted by molar-refractivity contribution is 6.03. The van der Waals surface area contributed by atoms with E-state index < -0.39 is 5.79 Å². The lowest BCUT2D eigenvalue weighted by molar-refractivity contribution is -0.186. The molecule has 6 nitrogen and oxygen atoms in total. The number of hydrogen-bond donors (Lipinski definition) is 0. The summed E-state index contributed by atoms with van der Waals surface area (Å²) in [4.78, 5) is 15.8. The molecule has 33 heavy (non-hydrogen) atoms. The SMILES string of the molecule is Cc1cccc(C2=NN(C(=O)CN3CCC4(CC3)OCCO4)C(c3cc(C)ccc3C)C2)c1. The van der Waals surface area contributed by atoms with Gasteiger partial charge in [-0.25, -0.2) is 5.01 Å². The summed E-state index contributed by atoms with van der Waals surface area (Å²) in [6.45, 7) is 9.59. The van der Waals surface area contributed by atoms with Crippen molar-refractivity contribution in [2.45, 2.75) is 51.9 Å². The molecule has 0 aliphatic carbocycles. The Morgan fingerprint density at radius 2 is 1.76 bits per heavy atom. The number of ether oxygens (including phenoxy) is 2. The van der Waals surface area contributed by atoms with Crippen LogP contribution in [0.4, 0.5) is 0 Å². The van der Waals surface area contributed by atoms with Gasteiger partial charge in [0.2, 0.25) is 0 Å². The van der Waals surface area contributed by atoms with Crippen LogP contribution in [0.1, 0.15) is 53.1 Å². The zero-order valence-electron chi connectivity index (χ0n) is 19.8. The van der Waals surface area contributed by atoms with Crippen molar-refractivity contribution in [3.05, 3.63) is 70.3 Å². The van der Waals surface area contributed by atoms with Crippen LogP contribution in [-0.4, -0.2) is 60.2 Å². The number of hydrogen-bond acceptors (Lipinski definition) is 5. The van der Waals surface area contributed by atoms with Crippen molar-refractivity contribution in [2.24, 2.45) is 5.10 Å². The molecule has 0 radical (unpaired) electrons. The van der Waals surface area contributed by atoms with Crippen LogP contribution in [0, 0.1) is 20.8 Å². The quantitative estimate of drug-likeness (QED) is 0.707. The fraction of sp³-hybridized carbons (Fsp3) is 0.481. The maximum absolute atomic E-state index is 13.6. The zero-order valence-corrected chi connectivity index (χ0v) is 19.8. The summed E-state index contributed by atoms with van der Waals surface area (Å²) in [6, 6.07) is 14.8. The second-order valence-corrected chi connectivity index (χ2v) is 9.62. The lowest BCUT2D eigenvalue weighted by Gasteiger charge is -2.37. The molecule has 2 saturated heterocycles. The Balaban J connectivity index is 1.37. The smallest absolute Gasteiger partial charge is 0.257 e. The van der Waals surface area contributed by atoms with Crippen molar-refractivity contribution >= 4 is 11.6 Å². The lowest BCUT2D eigenvalue weighted by Crippen LogP contribution is -2.48. The van der Waals surface area contributed by atoms with E-state index in [1.54, 1.807) is 5.01 Å². The molecule has 2 fully saturated rings. The minimum absolute atomic E-state index is 0.0489. The molecule has 174 valence electrons. The Labute approximate surface area is 196 Å². The molecular weight excluding hydrogens is 414 g/mol. The number of piperidine rings is 1. The third kappa shape index (κ3) is 4.60. The van der Waals surface area contributed by atoms with Crippen molar-refractivity contribution < 1.29 is 14.3 Å². The van der Waals surface area contributed by atoms with Crippen molar-refractivity contribution in [3.63, 3.8) is 0 Å². The monoisotopic (exact) mass is 447 g/mol. The molecule has 2 aromatic rings. The highest BCUT2D eigenvalue weighted by atomic mass is 16.7. The van der Waals surface area contributed by atoms with Crippen molar-refractivity contribution in [1.82, 2.24) is 9.91 Å². The van der Waals surface area contributed by atoms with Gasteiger partial charge in [0, 0.05) is 32.4 Å². The first kappa shape index (κ1) is 22.3. The first-order valence-corrected chi connectivity index (χ1v) is 12.0. The lowest BCUT2D eigenvalue weighted by atomic mass is 9.93. The minimum atomic E-state index is -0.426. The molecular formula is C27H33N3O3. The molecule has 0 aromatic heterocycles. The van der Waals surface area contributed by atoms with Crippen LogP contribution >= 0.6 is 0 Å². The fourth-order valence-electron chi connectivity index (χ4n) is 5.20. The van der Waals surface area contributed by atoms with E-state index in [0.717, 1.165) is 43.6 Å². The molecule has 6 heteroatoms. The summed E-state index contributed by atoms with van der Waals surface area (Å²) in [5.41, 5.74) is 6.84. The average molecular weight is 448 g/mol. The first-order valence-electron chi connectivity index (χ1n) is 12.0.